The Hall–Kier alpha value is -3.44. The third kappa shape index (κ3) is 4.36. The molecule has 0 aliphatic carbocycles. The minimum absolute atomic E-state index is 0.308. The molecule has 0 N–H and O–H groups in total. The van der Waals surface area contributed by atoms with Crippen molar-refractivity contribution in [2.75, 3.05) is 0 Å². The van der Waals surface area contributed by atoms with Crippen molar-refractivity contribution in [3.05, 3.63) is 100 Å². The molecule has 6 heteroatoms. The summed E-state index contributed by atoms with van der Waals surface area (Å²) in [5.41, 5.74) is 3.25. The first-order valence-electron chi connectivity index (χ1n) is 9.00. The molecule has 1 unspecified atom stereocenters. The number of ether oxygens (including phenoxy) is 1. The lowest BCUT2D eigenvalue weighted by molar-refractivity contribution is 0.112. The van der Waals surface area contributed by atoms with Crippen molar-refractivity contribution >= 4 is 17.9 Å². The summed E-state index contributed by atoms with van der Waals surface area (Å²) in [6, 6.07) is 22.0. The Morgan fingerprint density at radius 3 is 2.48 bits per heavy atom. The van der Waals surface area contributed by atoms with Gasteiger partial charge in [-0.15, -0.1) is 0 Å². The minimum atomic E-state index is -0.619. The zero-order valence-electron chi connectivity index (χ0n) is 15.6. The Morgan fingerprint density at radius 2 is 1.79 bits per heavy atom. The molecule has 0 saturated heterocycles. The van der Waals surface area contributed by atoms with E-state index in [0.29, 0.717) is 28.1 Å². The van der Waals surface area contributed by atoms with Gasteiger partial charge in [-0.2, -0.15) is 4.98 Å². The maximum absolute atomic E-state index is 10.8. The molecule has 3 aromatic carbocycles. The summed E-state index contributed by atoms with van der Waals surface area (Å²) in [5.74, 6) is 1.40. The fourth-order valence-electron chi connectivity index (χ4n) is 2.85. The molecule has 0 bridgehead atoms. The van der Waals surface area contributed by atoms with E-state index in [9.17, 15) is 4.79 Å². The number of aldehydes is 1. The van der Waals surface area contributed by atoms with Crippen molar-refractivity contribution in [3.8, 4) is 17.1 Å². The molecule has 29 heavy (non-hydrogen) atoms. The van der Waals surface area contributed by atoms with E-state index in [1.165, 1.54) is 0 Å². The number of hydrogen-bond donors (Lipinski definition) is 0. The van der Waals surface area contributed by atoms with Gasteiger partial charge in [-0.3, -0.25) is 4.79 Å². The molecule has 0 amide bonds. The summed E-state index contributed by atoms with van der Waals surface area (Å²) in [6.45, 7) is 2.01. The third-order valence-electron chi connectivity index (χ3n) is 4.40. The van der Waals surface area contributed by atoms with Crippen LogP contribution in [0.5, 0.6) is 5.75 Å². The minimum Gasteiger partial charge on any atom is -0.476 e. The lowest BCUT2D eigenvalue weighted by Gasteiger charge is -2.16. The Balaban J connectivity index is 1.69. The standard InChI is InChI=1S/C23H17ClN2O3/c1-15-5-11-20(12-6-15)28-21(18-3-2-4-19(24)13-18)23-25-22(26-29-23)17-9-7-16(14-27)8-10-17/h2-14,21H,1H3. The number of halogens is 1. The summed E-state index contributed by atoms with van der Waals surface area (Å²) in [5, 5.41) is 4.67. The summed E-state index contributed by atoms with van der Waals surface area (Å²) in [7, 11) is 0. The second-order valence-electron chi connectivity index (χ2n) is 6.56. The van der Waals surface area contributed by atoms with Gasteiger partial charge in [-0.25, -0.2) is 0 Å². The van der Waals surface area contributed by atoms with E-state index in [1.54, 1.807) is 30.3 Å². The average Bonchev–Trinajstić information content (AvgIpc) is 3.23. The van der Waals surface area contributed by atoms with Crippen LogP contribution in [-0.2, 0) is 0 Å². The van der Waals surface area contributed by atoms with Crippen LogP contribution in [0.3, 0.4) is 0 Å². The molecule has 4 aromatic rings. The molecule has 4 rings (SSSR count). The zero-order chi connectivity index (χ0) is 20.2. The van der Waals surface area contributed by atoms with Crippen LogP contribution in [0.4, 0.5) is 0 Å². The van der Waals surface area contributed by atoms with Crippen molar-refractivity contribution in [1.82, 2.24) is 10.1 Å². The second-order valence-corrected chi connectivity index (χ2v) is 7.00. The normalized spacial score (nSPS) is 11.8. The monoisotopic (exact) mass is 404 g/mol. The number of carbonyl (C=O) groups is 1. The van der Waals surface area contributed by atoms with E-state index in [1.807, 2.05) is 49.4 Å². The van der Waals surface area contributed by atoms with Gasteiger partial charge in [0.1, 0.15) is 12.0 Å². The number of rotatable bonds is 6. The largest absolute Gasteiger partial charge is 0.476 e. The molecule has 0 saturated carbocycles. The number of nitrogens with zero attached hydrogens (tertiary/aromatic N) is 2. The van der Waals surface area contributed by atoms with Crippen LogP contribution in [0.25, 0.3) is 11.4 Å². The van der Waals surface area contributed by atoms with Gasteiger partial charge < -0.3 is 9.26 Å². The van der Waals surface area contributed by atoms with E-state index in [0.717, 1.165) is 23.0 Å². The lowest BCUT2D eigenvalue weighted by Crippen LogP contribution is -2.10. The van der Waals surface area contributed by atoms with Crippen molar-refractivity contribution in [3.63, 3.8) is 0 Å². The van der Waals surface area contributed by atoms with E-state index < -0.39 is 6.10 Å². The molecule has 1 heterocycles. The number of aromatic nitrogens is 2. The highest BCUT2D eigenvalue weighted by Crippen LogP contribution is 2.30. The number of hydrogen-bond acceptors (Lipinski definition) is 5. The lowest BCUT2D eigenvalue weighted by atomic mass is 10.1. The summed E-state index contributed by atoms with van der Waals surface area (Å²) in [6.07, 6.45) is 0.169. The molecule has 0 spiro atoms. The molecule has 144 valence electrons. The highest BCUT2D eigenvalue weighted by Gasteiger charge is 2.24. The number of aryl methyl sites for hydroxylation is 1. The predicted molar refractivity (Wildman–Crippen MR) is 110 cm³/mol. The fourth-order valence-corrected chi connectivity index (χ4v) is 3.05. The van der Waals surface area contributed by atoms with Gasteiger partial charge in [-0.1, -0.05) is 70.9 Å². The first-order chi connectivity index (χ1) is 14.1. The van der Waals surface area contributed by atoms with Gasteiger partial charge in [0.05, 0.1) is 0 Å². The summed E-state index contributed by atoms with van der Waals surface area (Å²) < 4.78 is 11.7. The van der Waals surface area contributed by atoms with Crippen LogP contribution in [-0.4, -0.2) is 16.4 Å². The average molecular weight is 405 g/mol. The molecule has 1 atom stereocenters. The summed E-state index contributed by atoms with van der Waals surface area (Å²) in [4.78, 5) is 15.4. The molecule has 5 nitrogen and oxygen atoms in total. The molecular formula is C23H17ClN2O3. The van der Waals surface area contributed by atoms with Crippen LogP contribution in [0, 0.1) is 6.92 Å². The van der Waals surface area contributed by atoms with E-state index in [2.05, 4.69) is 10.1 Å². The first kappa shape index (κ1) is 18.9. The van der Waals surface area contributed by atoms with Gasteiger partial charge in [0.25, 0.3) is 5.89 Å². The van der Waals surface area contributed by atoms with Crippen molar-refractivity contribution in [2.45, 2.75) is 13.0 Å². The quantitative estimate of drug-likeness (QED) is 0.387. The SMILES string of the molecule is Cc1ccc(OC(c2cccc(Cl)c2)c2nc(-c3ccc(C=O)cc3)no2)cc1. The Kier molecular flexibility index (Phi) is 5.40. The van der Waals surface area contributed by atoms with Crippen LogP contribution < -0.4 is 4.74 Å². The Bertz CT molecular complexity index is 1120. The molecule has 0 aliphatic rings. The number of benzene rings is 3. The van der Waals surface area contributed by atoms with Crippen molar-refractivity contribution in [1.29, 1.82) is 0 Å². The highest BCUT2D eigenvalue weighted by atomic mass is 35.5. The van der Waals surface area contributed by atoms with Gasteiger partial charge in [0, 0.05) is 21.7 Å². The number of carbonyl (C=O) groups excluding carboxylic acids is 1. The molecular weight excluding hydrogens is 388 g/mol. The smallest absolute Gasteiger partial charge is 0.272 e. The van der Waals surface area contributed by atoms with Gasteiger partial charge in [0.15, 0.2) is 0 Å². The third-order valence-corrected chi connectivity index (χ3v) is 4.63. The second kappa shape index (κ2) is 8.29. The molecule has 1 aromatic heterocycles. The van der Waals surface area contributed by atoms with Gasteiger partial charge in [-0.05, 0) is 31.2 Å². The predicted octanol–water partition coefficient (Wildman–Crippen LogP) is 5.68. The zero-order valence-corrected chi connectivity index (χ0v) is 16.3. The fraction of sp³-hybridized carbons (Fsp3) is 0.0870. The topological polar surface area (TPSA) is 65.2 Å². The van der Waals surface area contributed by atoms with Crippen LogP contribution in [0.2, 0.25) is 5.02 Å². The Labute approximate surface area is 172 Å². The van der Waals surface area contributed by atoms with Gasteiger partial charge in [0.2, 0.25) is 11.9 Å². The maximum Gasteiger partial charge on any atom is 0.272 e. The van der Waals surface area contributed by atoms with Crippen LogP contribution in [0.15, 0.2) is 77.3 Å². The van der Waals surface area contributed by atoms with E-state index in [4.69, 9.17) is 20.9 Å². The first-order valence-corrected chi connectivity index (χ1v) is 9.38. The van der Waals surface area contributed by atoms with Gasteiger partial charge >= 0.3 is 0 Å². The Morgan fingerprint density at radius 1 is 1.03 bits per heavy atom. The van der Waals surface area contributed by atoms with E-state index >= 15 is 0 Å². The summed E-state index contributed by atoms with van der Waals surface area (Å²) >= 11 is 6.18. The molecule has 0 aliphatic heterocycles. The molecule has 0 radical (unpaired) electrons. The van der Waals surface area contributed by atoms with Crippen LogP contribution in [0.1, 0.15) is 33.5 Å². The van der Waals surface area contributed by atoms with Crippen molar-refractivity contribution in [2.24, 2.45) is 0 Å². The highest BCUT2D eigenvalue weighted by molar-refractivity contribution is 6.30. The maximum atomic E-state index is 10.8. The van der Waals surface area contributed by atoms with Crippen molar-refractivity contribution < 1.29 is 14.1 Å². The van der Waals surface area contributed by atoms with Crippen LogP contribution >= 0.6 is 11.6 Å². The van der Waals surface area contributed by atoms with E-state index in [-0.39, 0.29) is 0 Å². The molecule has 0 fully saturated rings.